The van der Waals surface area contributed by atoms with Gasteiger partial charge in [0.15, 0.2) is 0 Å². The number of carboxylic acids is 1. The van der Waals surface area contributed by atoms with E-state index in [4.69, 9.17) is 5.11 Å². The number of aromatic amines is 1. The number of carbonyl (C=O) groups excluding carboxylic acids is 2. The van der Waals surface area contributed by atoms with Gasteiger partial charge in [-0.15, -0.1) is 0 Å². The van der Waals surface area contributed by atoms with Crippen LogP contribution < -0.4 is 16.0 Å². The van der Waals surface area contributed by atoms with Gasteiger partial charge >= 0.3 is 12.0 Å². The lowest BCUT2D eigenvalue weighted by molar-refractivity contribution is -0.137. The molecule has 0 saturated heterocycles. The van der Waals surface area contributed by atoms with Crippen LogP contribution in [0.15, 0.2) is 12.4 Å². The second-order valence-corrected chi connectivity index (χ2v) is 3.93. The number of carboxylic acid groups (broad SMARTS) is 1. The number of hydrogen-bond acceptors (Lipinski definition) is 4. The van der Waals surface area contributed by atoms with Crippen LogP contribution in [0, 0.1) is 0 Å². The van der Waals surface area contributed by atoms with E-state index in [0.29, 0.717) is 12.2 Å². The molecule has 9 nitrogen and oxygen atoms in total. The van der Waals surface area contributed by atoms with Gasteiger partial charge in [0.05, 0.1) is 12.6 Å². The van der Waals surface area contributed by atoms with E-state index in [1.165, 1.54) is 0 Å². The highest BCUT2D eigenvalue weighted by atomic mass is 16.4. The van der Waals surface area contributed by atoms with Crippen LogP contribution in [0.5, 0.6) is 0 Å². The maximum absolute atomic E-state index is 11.6. The number of nitrogens with zero attached hydrogens (tertiary/aromatic N) is 1. The van der Waals surface area contributed by atoms with Gasteiger partial charge in [-0.1, -0.05) is 6.92 Å². The summed E-state index contributed by atoms with van der Waals surface area (Å²) in [6.07, 6.45) is 3.86. The Morgan fingerprint density at radius 1 is 1.35 bits per heavy atom. The van der Waals surface area contributed by atoms with Crippen LogP contribution in [-0.4, -0.2) is 46.1 Å². The summed E-state index contributed by atoms with van der Waals surface area (Å²) in [6, 6.07) is -0.814. The van der Waals surface area contributed by atoms with Gasteiger partial charge in [-0.05, 0) is 6.42 Å². The topological polar surface area (TPSA) is 136 Å². The molecule has 1 aromatic rings. The van der Waals surface area contributed by atoms with Crippen LogP contribution >= 0.6 is 0 Å². The highest BCUT2D eigenvalue weighted by molar-refractivity contribution is 5.86. The van der Waals surface area contributed by atoms with Crippen molar-refractivity contribution in [1.29, 1.82) is 0 Å². The second-order valence-electron chi connectivity index (χ2n) is 3.93. The Bertz CT molecular complexity index is 459. The van der Waals surface area contributed by atoms with E-state index < -0.39 is 24.5 Å². The molecular weight excluding hydrogens is 266 g/mol. The predicted octanol–water partition coefficient (Wildman–Crippen LogP) is -0.639. The van der Waals surface area contributed by atoms with Crippen molar-refractivity contribution in [3.8, 4) is 0 Å². The lowest BCUT2D eigenvalue weighted by Crippen LogP contribution is -2.44. The Morgan fingerprint density at radius 3 is 2.65 bits per heavy atom. The van der Waals surface area contributed by atoms with Crippen LogP contribution in [0.1, 0.15) is 25.2 Å². The molecule has 0 aliphatic rings. The van der Waals surface area contributed by atoms with E-state index in [9.17, 15) is 14.4 Å². The summed E-state index contributed by atoms with van der Waals surface area (Å²) in [6.45, 7) is 1.10. The molecule has 0 fully saturated rings. The largest absolute Gasteiger partial charge is 0.480 e. The van der Waals surface area contributed by atoms with Crippen molar-refractivity contribution in [2.45, 2.75) is 19.4 Å². The number of urea groups is 1. The molecule has 1 rings (SSSR count). The summed E-state index contributed by atoms with van der Waals surface area (Å²) in [7, 11) is 0. The van der Waals surface area contributed by atoms with Gasteiger partial charge in [0, 0.05) is 12.4 Å². The van der Waals surface area contributed by atoms with Crippen LogP contribution in [-0.2, 0) is 9.59 Å². The summed E-state index contributed by atoms with van der Waals surface area (Å²) in [5, 5.41) is 15.5. The summed E-state index contributed by atoms with van der Waals surface area (Å²) in [4.78, 5) is 40.0. The van der Waals surface area contributed by atoms with E-state index in [1.54, 1.807) is 12.4 Å². The van der Waals surface area contributed by atoms with E-state index in [0.717, 1.165) is 0 Å². The highest BCUT2D eigenvalue weighted by Crippen LogP contribution is 2.10. The minimum Gasteiger partial charge on any atom is -0.480 e. The standard InChI is InChI=1S/C11H17N5O4/c1-2-7(10-12-3-4-13-10)16-11(20)15-5-8(17)14-6-9(18)19/h3-4,7H,2,5-6H2,1H3,(H,12,13)(H,14,17)(H,18,19)(H2,15,16,20). The molecule has 1 atom stereocenters. The normalized spacial score (nSPS) is 11.4. The molecule has 5 N–H and O–H groups in total. The molecule has 3 amide bonds. The molecule has 0 radical (unpaired) electrons. The number of hydrogen-bond donors (Lipinski definition) is 5. The zero-order chi connectivity index (χ0) is 15.0. The number of rotatable bonds is 7. The lowest BCUT2D eigenvalue weighted by Gasteiger charge is -2.15. The maximum atomic E-state index is 11.6. The highest BCUT2D eigenvalue weighted by Gasteiger charge is 2.15. The molecule has 1 unspecified atom stereocenters. The predicted molar refractivity (Wildman–Crippen MR) is 68.8 cm³/mol. The number of aromatic nitrogens is 2. The number of aliphatic carboxylic acids is 1. The molecule has 110 valence electrons. The van der Waals surface area contributed by atoms with Gasteiger partial charge in [-0.25, -0.2) is 9.78 Å². The molecule has 20 heavy (non-hydrogen) atoms. The van der Waals surface area contributed by atoms with Crippen molar-refractivity contribution < 1.29 is 19.5 Å². The third-order valence-corrected chi connectivity index (χ3v) is 2.41. The second kappa shape index (κ2) is 7.77. The van der Waals surface area contributed by atoms with Gasteiger partial charge in [0.25, 0.3) is 0 Å². The first-order valence-electron chi connectivity index (χ1n) is 6.05. The summed E-state index contributed by atoms with van der Waals surface area (Å²) >= 11 is 0. The van der Waals surface area contributed by atoms with Crippen molar-refractivity contribution in [2.75, 3.05) is 13.1 Å². The number of imidazole rings is 1. The number of carbonyl (C=O) groups is 3. The minimum atomic E-state index is -1.15. The number of amides is 3. The zero-order valence-corrected chi connectivity index (χ0v) is 11.0. The van der Waals surface area contributed by atoms with Crippen LogP contribution in [0.25, 0.3) is 0 Å². The molecule has 0 saturated carbocycles. The van der Waals surface area contributed by atoms with Gasteiger partial charge in [0.1, 0.15) is 12.4 Å². The summed E-state index contributed by atoms with van der Waals surface area (Å²) in [5.41, 5.74) is 0. The average molecular weight is 283 g/mol. The fourth-order valence-corrected chi connectivity index (χ4v) is 1.44. The SMILES string of the molecule is CCC(NC(=O)NCC(=O)NCC(=O)O)c1ncc[nH]1. The first-order chi connectivity index (χ1) is 9.52. The van der Waals surface area contributed by atoms with E-state index in [1.807, 2.05) is 6.92 Å². The van der Waals surface area contributed by atoms with E-state index in [2.05, 4.69) is 25.9 Å². The van der Waals surface area contributed by atoms with Crippen molar-refractivity contribution in [3.05, 3.63) is 18.2 Å². The van der Waals surface area contributed by atoms with Crippen molar-refractivity contribution in [3.63, 3.8) is 0 Å². The first kappa shape index (κ1) is 15.5. The molecule has 0 aromatic carbocycles. The number of nitrogens with one attached hydrogen (secondary N) is 4. The van der Waals surface area contributed by atoms with Gasteiger partial charge in [-0.2, -0.15) is 0 Å². The summed E-state index contributed by atoms with van der Waals surface area (Å²) < 4.78 is 0. The Labute approximate surface area is 115 Å². The molecule has 1 aromatic heterocycles. The molecule has 1 heterocycles. The quantitative estimate of drug-likeness (QED) is 0.453. The molecule has 0 bridgehead atoms. The van der Waals surface area contributed by atoms with Crippen molar-refractivity contribution in [1.82, 2.24) is 25.9 Å². The van der Waals surface area contributed by atoms with Crippen LogP contribution in [0.4, 0.5) is 4.79 Å². The minimum absolute atomic E-state index is 0.285. The molecule has 0 spiro atoms. The monoisotopic (exact) mass is 283 g/mol. The fourth-order valence-electron chi connectivity index (χ4n) is 1.44. The summed E-state index contributed by atoms with van der Waals surface area (Å²) in [5.74, 6) is -1.10. The Hall–Kier alpha value is -2.58. The Kier molecular flexibility index (Phi) is 6.01. The molecule has 9 heteroatoms. The van der Waals surface area contributed by atoms with E-state index >= 15 is 0 Å². The third kappa shape index (κ3) is 5.38. The van der Waals surface area contributed by atoms with Crippen molar-refractivity contribution in [2.24, 2.45) is 0 Å². The average Bonchev–Trinajstić information content (AvgIpc) is 2.94. The van der Waals surface area contributed by atoms with E-state index in [-0.39, 0.29) is 12.6 Å². The Balaban J connectivity index is 2.32. The first-order valence-corrected chi connectivity index (χ1v) is 6.05. The molecular formula is C11H17N5O4. The molecule has 0 aliphatic carbocycles. The van der Waals surface area contributed by atoms with Crippen molar-refractivity contribution >= 4 is 17.9 Å². The fraction of sp³-hybridized carbons (Fsp3) is 0.455. The van der Waals surface area contributed by atoms with Gasteiger partial charge in [0.2, 0.25) is 5.91 Å². The molecule has 0 aliphatic heterocycles. The van der Waals surface area contributed by atoms with Crippen LogP contribution in [0.3, 0.4) is 0 Å². The van der Waals surface area contributed by atoms with Gasteiger partial charge in [-0.3, -0.25) is 9.59 Å². The zero-order valence-electron chi connectivity index (χ0n) is 11.0. The van der Waals surface area contributed by atoms with Gasteiger partial charge < -0.3 is 26.0 Å². The lowest BCUT2D eigenvalue weighted by atomic mass is 10.2. The third-order valence-electron chi connectivity index (χ3n) is 2.41. The maximum Gasteiger partial charge on any atom is 0.322 e. The Morgan fingerprint density at radius 2 is 2.10 bits per heavy atom. The number of H-pyrrole nitrogens is 1. The smallest absolute Gasteiger partial charge is 0.322 e. The van der Waals surface area contributed by atoms with Crippen LogP contribution in [0.2, 0.25) is 0 Å².